The second kappa shape index (κ2) is 14.0. The monoisotopic (exact) mass is 898 g/mol. The molecule has 0 saturated carbocycles. The summed E-state index contributed by atoms with van der Waals surface area (Å²) in [5.74, 6) is 0.774. The first-order valence-corrected chi connectivity index (χ1v) is 21.3. The average Bonchev–Trinajstić information content (AvgIpc) is 3.86. The normalized spacial score (nSPS) is 11.6. The Morgan fingerprint density at radius 3 is 2.15 bits per heavy atom. The molecule has 0 bridgehead atoms. The summed E-state index contributed by atoms with van der Waals surface area (Å²) in [5, 5.41) is 5.74. The molecule has 0 spiro atoms. The predicted octanol–water partition coefficient (Wildman–Crippen LogP) is 10.5. The van der Waals surface area contributed by atoms with E-state index in [1.165, 1.54) is 5.19 Å². The Kier molecular flexibility index (Phi) is 9.14. The standard InChI is InChI=1S/C32H21N3O2.C14H16NSi.Ir/c1-19-16-26-32(34(2)18-19)35(20-14-15-23-21-8-3-5-12-27(21)36-29(23)17-20)31(33-26)25-11-7-10-24-22-9-4-6-13-28(22)37-30(24)25;1-16(2,3)13-9-10-14(15-11-13)12-7-5-4-6-8-12;/h3-10,12-18H,1-2H3;4-7,9-11H,1-3H3;/q;-1;. The molecule has 0 saturated heterocycles. The fourth-order valence-electron chi connectivity index (χ4n) is 7.16. The van der Waals surface area contributed by atoms with Gasteiger partial charge in [0.1, 0.15) is 28.0 Å². The summed E-state index contributed by atoms with van der Waals surface area (Å²) < 4.78 is 16.9. The SMILES string of the molecule is C[Si](C)(C)c1ccc(-c2[c-]cccc2)nc1.Cc1cc2nc(-c3[c-]ccc4c3oc3ccccc34)n(-c3ccc4c(c3)oc3ccccc34)c2[n+](C)c1.[Ir]. The van der Waals surface area contributed by atoms with Gasteiger partial charge in [-0.25, -0.2) is 14.1 Å². The van der Waals surface area contributed by atoms with Crippen LogP contribution in [0.2, 0.25) is 19.6 Å². The first-order valence-electron chi connectivity index (χ1n) is 17.8. The molecule has 5 aromatic carbocycles. The van der Waals surface area contributed by atoms with E-state index in [9.17, 15) is 0 Å². The third-order valence-corrected chi connectivity index (χ3v) is 11.8. The summed E-state index contributed by atoms with van der Waals surface area (Å²) >= 11 is 0. The maximum Gasteiger partial charge on any atom is 0.304 e. The molecule has 0 aliphatic carbocycles. The molecule has 0 N–H and O–H groups in total. The minimum Gasteiger partial charge on any atom is -0.500 e. The van der Waals surface area contributed by atoms with Gasteiger partial charge in [-0.1, -0.05) is 73.6 Å². The first-order chi connectivity index (χ1) is 25.7. The Labute approximate surface area is 328 Å². The Morgan fingerprint density at radius 2 is 1.43 bits per heavy atom. The molecule has 0 aliphatic heterocycles. The number of fused-ring (bicyclic) bond motifs is 7. The Morgan fingerprint density at radius 1 is 0.704 bits per heavy atom. The number of imidazole rings is 1. The summed E-state index contributed by atoms with van der Waals surface area (Å²) in [7, 11) is 0.828. The maximum atomic E-state index is 6.38. The van der Waals surface area contributed by atoms with E-state index in [0.29, 0.717) is 0 Å². The largest absolute Gasteiger partial charge is 0.500 e. The number of para-hydroxylation sites is 2. The van der Waals surface area contributed by atoms with Crippen LogP contribution in [-0.4, -0.2) is 22.6 Å². The molecule has 54 heavy (non-hydrogen) atoms. The zero-order valence-electron chi connectivity index (χ0n) is 30.6. The quantitative estimate of drug-likeness (QED) is 0.100. The van der Waals surface area contributed by atoms with Crippen LogP contribution in [0, 0.1) is 19.1 Å². The van der Waals surface area contributed by atoms with Crippen LogP contribution in [0.3, 0.4) is 0 Å². The smallest absolute Gasteiger partial charge is 0.304 e. The van der Waals surface area contributed by atoms with Crippen molar-refractivity contribution in [2.45, 2.75) is 26.6 Å². The van der Waals surface area contributed by atoms with E-state index in [1.54, 1.807) is 0 Å². The van der Waals surface area contributed by atoms with Crippen LogP contribution in [0.5, 0.6) is 0 Å². The Hall–Kier alpha value is -5.66. The number of aromatic nitrogens is 4. The van der Waals surface area contributed by atoms with Crippen molar-refractivity contribution in [3.8, 4) is 28.3 Å². The van der Waals surface area contributed by atoms with E-state index in [-0.39, 0.29) is 20.1 Å². The second-order valence-corrected chi connectivity index (χ2v) is 19.6. The number of hydrogen-bond donors (Lipinski definition) is 0. The number of pyridine rings is 2. The fourth-order valence-corrected chi connectivity index (χ4v) is 8.19. The zero-order valence-corrected chi connectivity index (χ0v) is 34.0. The number of aryl methyl sites for hydroxylation is 2. The fraction of sp³-hybridized carbons (Fsp3) is 0.109. The van der Waals surface area contributed by atoms with Crippen molar-refractivity contribution in [1.82, 2.24) is 14.5 Å². The van der Waals surface area contributed by atoms with Gasteiger partial charge in [-0.3, -0.25) is 0 Å². The van der Waals surface area contributed by atoms with Crippen LogP contribution in [0.4, 0.5) is 0 Å². The molecule has 0 amide bonds. The van der Waals surface area contributed by atoms with E-state index in [0.717, 1.165) is 88.9 Å². The van der Waals surface area contributed by atoms with Gasteiger partial charge < -0.3 is 13.8 Å². The average molecular weight is 898 g/mol. The van der Waals surface area contributed by atoms with Gasteiger partial charge in [0.15, 0.2) is 5.82 Å². The molecule has 1 radical (unpaired) electrons. The number of rotatable bonds is 4. The van der Waals surface area contributed by atoms with Gasteiger partial charge >= 0.3 is 5.65 Å². The number of benzene rings is 5. The second-order valence-electron chi connectivity index (χ2n) is 14.5. The third-order valence-electron chi connectivity index (χ3n) is 9.77. The molecule has 0 atom stereocenters. The molecule has 5 heterocycles. The van der Waals surface area contributed by atoms with Gasteiger partial charge in [0.25, 0.3) is 0 Å². The molecule has 8 heteroatoms. The minimum absolute atomic E-state index is 0. The molecule has 5 aromatic heterocycles. The molecule has 6 nitrogen and oxygen atoms in total. The van der Waals surface area contributed by atoms with Crippen LogP contribution >= 0.6 is 0 Å². The van der Waals surface area contributed by atoms with Crippen LogP contribution in [0.1, 0.15) is 5.56 Å². The van der Waals surface area contributed by atoms with Crippen LogP contribution in [0.25, 0.3) is 83.4 Å². The number of hydrogen-bond acceptors (Lipinski definition) is 4. The van der Waals surface area contributed by atoms with Crippen molar-refractivity contribution in [1.29, 1.82) is 0 Å². The van der Waals surface area contributed by atoms with Gasteiger partial charge in [-0.05, 0) is 59.3 Å². The zero-order chi connectivity index (χ0) is 36.3. The van der Waals surface area contributed by atoms with Crippen molar-refractivity contribution < 1.29 is 33.5 Å². The van der Waals surface area contributed by atoms with Crippen molar-refractivity contribution in [2.24, 2.45) is 7.05 Å². The summed E-state index contributed by atoms with van der Waals surface area (Å²) in [6, 6.07) is 47.6. The minimum atomic E-state index is -1.23. The van der Waals surface area contributed by atoms with Crippen molar-refractivity contribution in [3.63, 3.8) is 0 Å². The van der Waals surface area contributed by atoms with Crippen LogP contribution in [0.15, 0.2) is 143 Å². The van der Waals surface area contributed by atoms with E-state index in [4.69, 9.17) is 13.8 Å². The molecule has 267 valence electrons. The molecular formula is C46H37IrN4O2Si-. The van der Waals surface area contributed by atoms with Gasteiger partial charge in [0, 0.05) is 48.5 Å². The van der Waals surface area contributed by atoms with Crippen molar-refractivity contribution in [3.05, 3.63) is 151 Å². The van der Waals surface area contributed by atoms with E-state index >= 15 is 0 Å². The van der Waals surface area contributed by atoms with Crippen molar-refractivity contribution in [2.75, 3.05) is 0 Å². The number of nitrogens with zero attached hydrogens (tertiary/aromatic N) is 4. The molecule has 0 fully saturated rings. The van der Waals surface area contributed by atoms with Crippen LogP contribution in [-0.2, 0) is 27.2 Å². The van der Waals surface area contributed by atoms with Gasteiger partial charge in [0.05, 0.1) is 26.9 Å². The topological polar surface area (TPSA) is 60.9 Å². The molecule has 10 rings (SSSR count). The maximum absolute atomic E-state index is 6.38. The molecule has 10 aromatic rings. The van der Waals surface area contributed by atoms with E-state index in [1.807, 2.05) is 72.9 Å². The molecule has 0 aliphatic rings. The molecular weight excluding hydrogens is 861 g/mol. The van der Waals surface area contributed by atoms with E-state index in [2.05, 4.69) is 121 Å². The Balaban J connectivity index is 0.000000206. The third kappa shape index (κ3) is 6.26. The van der Waals surface area contributed by atoms with Gasteiger partial charge in [-0.15, -0.1) is 54.1 Å². The summed E-state index contributed by atoms with van der Waals surface area (Å²) in [4.78, 5) is 9.66. The number of furan rings is 2. The van der Waals surface area contributed by atoms with Crippen molar-refractivity contribution >= 4 is 68.3 Å². The van der Waals surface area contributed by atoms with E-state index < -0.39 is 8.07 Å². The molecule has 0 unspecified atom stereocenters. The summed E-state index contributed by atoms with van der Waals surface area (Å²) in [6.45, 7) is 9.08. The first kappa shape index (κ1) is 35.4. The Bertz CT molecular complexity index is 2960. The predicted molar refractivity (Wildman–Crippen MR) is 217 cm³/mol. The van der Waals surface area contributed by atoms with Crippen LogP contribution < -0.4 is 9.75 Å². The van der Waals surface area contributed by atoms with Gasteiger partial charge in [-0.2, -0.15) is 0 Å². The van der Waals surface area contributed by atoms with Gasteiger partial charge in [0.2, 0.25) is 0 Å². The summed E-state index contributed by atoms with van der Waals surface area (Å²) in [6.07, 6.45) is 4.14. The summed E-state index contributed by atoms with van der Waals surface area (Å²) in [5.41, 5.74) is 10.2.